The fourth-order valence-corrected chi connectivity index (χ4v) is 3.10. The Kier molecular flexibility index (Phi) is 6.94. The molecule has 0 atom stereocenters. The molecule has 0 saturated carbocycles. The van der Waals surface area contributed by atoms with Crippen molar-refractivity contribution in [3.05, 3.63) is 83.9 Å². The van der Waals surface area contributed by atoms with E-state index in [-0.39, 0.29) is 11.4 Å². The molecule has 0 unspecified atom stereocenters. The van der Waals surface area contributed by atoms with E-state index in [1.807, 2.05) is 36.4 Å². The highest BCUT2D eigenvalue weighted by Crippen LogP contribution is 2.25. The highest BCUT2D eigenvalue weighted by Gasteiger charge is 2.13. The predicted molar refractivity (Wildman–Crippen MR) is 122 cm³/mol. The van der Waals surface area contributed by atoms with Gasteiger partial charge in [-0.3, -0.25) is 4.79 Å². The maximum absolute atomic E-state index is 12.1. The van der Waals surface area contributed by atoms with Crippen LogP contribution in [0.1, 0.15) is 44.7 Å². The third-order valence-corrected chi connectivity index (χ3v) is 4.99. The van der Waals surface area contributed by atoms with Crippen molar-refractivity contribution >= 4 is 5.97 Å². The van der Waals surface area contributed by atoms with Gasteiger partial charge >= 0.3 is 5.97 Å². The van der Waals surface area contributed by atoms with Crippen molar-refractivity contribution in [2.45, 2.75) is 46.0 Å². The van der Waals surface area contributed by atoms with Crippen LogP contribution in [0.4, 0.5) is 0 Å². The van der Waals surface area contributed by atoms with E-state index >= 15 is 0 Å². The molecule has 0 aromatic heterocycles. The lowest BCUT2D eigenvalue weighted by molar-refractivity contribution is -0.134. The minimum absolute atomic E-state index is 0.126. The van der Waals surface area contributed by atoms with Crippen molar-refractivity contribution in [1.29, 1.82) is 0 Å². The Balaban J connectivity index is 1.42. The third kappa shape index (κ3) is 6.21. The van der Waals surface area contributed by atoms with Crippen LogP contribution in [-0.2, 0) is 10.2 Å². The molecule has 0 aliphatic carbocycles. The maximum Gasteiger partial charge on any atom is 0.311 e. The molecule has 0 bridgehead atoms. The molecule has 0 radical (unpaired) electrons. The van der Waals surface area contributed by atoms with Crippen molar-refractivity contribution in [2.24, 2.45) is 0 Å². The first kappa shape index (κ1) is 21.6. The van der Waals surface area contributed by atoms with Crippen molar-refractivity contribution in [3.8, 4) is 22.6 Å². The summed E-state index contributed by atoms with van der Waals surface area (Å²) in [6.07, 6.45) is 0.932. The molecule has 3 aromatic rings. The molecular formula is C27H30O3. The minimum atomic E-state index is -0.246. The van der Waals surface area contributed by atoms with Crippen LogP contribution in [0.15, 0.2) is 72.8 Å². The van der Waals surface area contributed by atoms with Crippen LogP contribution in [0.3, 0.4) is 0 Å². The van der Waals surface area contributed by atoms with Crippen LogP contribution in [0, 0.1) is 6.92 Å². The first-order chi connectivity index (χ1) is 14.3. The second-order valence-corrected chi connectivity index (χ2v) is 8.59. The summed E-state index contributed by atoms with van der Waals surface area (Å²) in [4.78, 5) is 12.1. The van der Waals surface area contributed by atoms with E-state index in [9.17, 15) is 4.79 Å². The van der Waals surface area contributed by atoms with Crippen molar-refractivity contribution in [1.82, 2.24) is 0 Å². The van der Waals surface area contributed by atoms with Crippen LogP contribution in [0.25, 0.3) is 11.1 Å². The first-order valence-electron chi connectivity index (χ1n) is 10.4. The Bertz CT molecular complexity index is 947. The molecule has 3 aromatic carbocycles. The molecule has 0 spiro atoms. The SMILES string of the molecule is Cc1ccc(-c2ccc(OC(=O)CCCOc3ccc(C(C)(C)C)cc3)cc2)cc1. The van der Waals surface area contributed by atoms with Crippen LogP contribution in [0.2, 0.25) is 0 Å². The smallest absolute Gasteiger partial charge is 0.311 e. The zero-order valence-corrected chi connectivity index (χ0v) is 18.3. The summed E-state index contributed by atoms with van der Waals surface area (Å²) < 4.78 is 11.2. The monoisotopic (exact) mass is 402 g/mol. The molecule has 0 aliphatic rings. The van der Waals surface area contributed by atoms with E-state index < -0.39 is 0 Å². The summed E-state index contributed by atoms with van der Waals surface area (Å²) in [7, 11) is 0. The fraction of sp³-hybridized carbons (Fsp3) is 0.296. The van der Waals surface area contributed by atoms with Crippen LogP contribution in [-0.4, -0.2) is 12.6 Å². The molecule has 30 heavy (non-hydrogen) atoms. The fourth-order valence-electron chi connectivity index (χ4n) is 3.10. The Morgan fingerprint density at radius 3 is 1.87 bits per heavy atom. The first-order valence-corrected chi connectivity index (χ1v) is 10.4. The number of hydrogen-bond acceptors (Lipinski definition) is 3. The molecule has 3 rings (SSSR count). The number of aryl methyl sites for hydroxylation is 1. The Labute approximate surface area is 179 Å². The maximum atomic E-state index is 12.1. The van der Waals surface area contributed by atoms with Gasteiger partial charge in [0.1, 0.15) is 11.5 Å². The van der Waals surface area contributed by atoms with Gasteiger partial charge in [-0.1, -0.05) is 74.9 Å². The molecule has 0 saturated heterocycles. The van der Waals surface area contributed by atoms with E-state index in [2.05, 4.69) is 64.1 Å². The molecule has 3 heteroatoms. The normalized spacial score (nSPS) is 11.2. The van der Waals surface area contributed by atoms with Crippen LogP contribution >= 0.6 is 0 Å². The summed E-state index contributed by atoms with van der Waals surface area (Å²) in [6.45, 7) is 9.11. The van der Waals surface area contributed by atoms with Crippen molar-refractivity contribution < 1.29 is 14.3 Å². The third-order valence-electron chi connectivity index (χ3n) is 4.99. The number of carbonyl (C=O) groups is 1. The van der Waals surface area contributed by atoms with Gasteiger partial charge in [-0.15, -0.1) is 0 Å². The lowest BCUT2D eigenvalue weighted by atomic mass is 9.87. The predicted octanol–water partition coefficient (Wildman–Crippen LogP) is 6.72. The average molecular weight is 403 g/mol. The topological polar surface area (TPSA) is 35.5 Å². The Morgan fingerprint density at radius 2 is 1.30 bits per heavy atom. The van der Waals surface area contributed by atoms with Crippen LogP contribution < -0.4 is 9.47 Å². The second kappa shape index (κ2) is 9.62. The number of hydrogen-bond donors (Lipinski definition) is 0. The number of esters is 1. The lowest BCUT2D eigenvalue weighted by Crippen LogP contribution is -2.11. The standard InChI is InChI=1S/C27H30O3/c1-20-7-9-21(10-8-20)22-11-15-25(16-12-22)30-26(28)6-5-19-29-24-17-13-23(14-18-24)27(2,3)4/h7-18H,5-6,19H2,1-4H3. The summed E-state index contributed by atoms with van der Waals surface area (Å²) in [5, 5.41) is 0. The van der Waals surface area contributed by atoms with E-state index in [0.29, 0.717) is 25.2 Å². The second-order valence-electron chi connectivity index (χ2n) is 8.59. The van der Waals surface area contributed by atoms with E-state index in [1.54, 1.807) is 0 Å². The highest BCUT2D eigenvalue weighted by atomic mass is 16.5. The lowest BCUT2D eigenvalue weighted by Gasteiger charge is -2.19. The van der Waals surface area contributed by atoms with Gasteiger partial charge in [-0.25, -0.2) is 0 Å². The molecule has 156 valence electrons. The number of ether oxygens (including phenoxy) is 2. The van der Waals surface area contributed by atoms with Crippen molar-refractivity contribution in [2.75, 3.05) is 6.61 Å². The number of rotatable bonds is 7. The van der Waals surface area contributed by atoms with E-state index in [1.165, 1.54) is 11.1 Å². The Hall–Kier alpha value is -3.07. The largest absolute Gasteiger partial charge is 0.494 e. The quantitative estimate of drug-likeness (QED) is 0.250. The number of carbonyl (C=O) groups excluding carboxylic acids is 1. The Morgan fingerprint density at radius 1 is 0.767 bits per heavy atom. The minimum Gasteiger partial charge on any atom is -0.494 e. The highest BCUT2D eigenvalue weighted by molar-refractivity contribution is 5.73. The van der Waals surface area contributed by atoms with Gasteiger partial charge in [0.25, 0.3) is 0 Å². The molecule has 0 heterocycles. The van der Waals surface area contributed by atoms with Gasteiger partial charge in [-0.05, 0) is 59.7 Å². The van der Waals surface area contributed by atoms with Gasteiger partial charge in [0, 0.05) is 6.42 Å². The van der Waals surface area contributed by atoms with Gasteiger partial charge in [-0.2, -0.15) is 0 Å². The van der Waals surface area contributed by atoms with Gasteiger partial charge in [0.15, 0.2) is 0 Å². The van der Waals surface area contributed by atoms with Gasteiger partial charge in [0.05, 0.1) is 6.61 Å². The zero-order valence-electron chi connectivity index (χ0n) is 18.3. The van der Waals surface area contributed by atoms with Crippen molar-refractivity contribution in [3.63, 3.8) is 0 Å². The molecule has 0 amide bonds. The van der Waals surface area contributed by atoms with E-state index in [0.717, 1.165) is 16.9 Å². The number of benzene rings is 3. The summed E-state index contributed by atoms with van der Waals surface area (Å²) >= 11 is 0. The average Bonchev–Trinajstić information content (AvgIpc) is 2.72. The molecule has 0 N–H and O–H groups in total. The summed E-state index contributed by atoms with van der Waals surface area (Å²) in [6, 6.07) is 24.1. The van der Waals surface area contributed by atoms with Gasteiger partial charge in [0.2, 0.25) is 0 Å². The molecular weight excluding hydrogens is 372 g/mol. The zero-order chi connectivity index (χ0) is 21.6. The molecule has 3 nitrogen and oxygen atoms in total. The van der Waals surface area contributed by atoms with Crippen LogP contribution in [0.5, 0.6) is 11.5 Å². The molecule has 0 aliphatic heterocycles. The van der Waals surface area contributed by atoms with Gasteiger partial charge < -0.3 is 9.47 Å². The van der Waals surface area contributed by atoms with E-state index in [4.69, 9.17) is 9.47 Å². The summed E-state index contributed by atoms with van der Waals surface area (Å²) in [5.41, 5.74) is 4.87. The molecule has 0 fully saturated rings. The summed E-state index contributed by atoms with van der Waals surface area (Å²) in [5.74, 6) is 1.14.